The van der Waals surface area contributed by atoms with Gasteiger partial charge in [-0.1, -0.05) is 24.3 Å². The smallest absolute Gasteiger partial charge is 0.225 e. The number of likely N-dealkylation sites (tertiary alicyclic amines) is 1. The van der Waals surface area contributed by atoms with Gasteiger partial charge in [0.1, 0.15) is 0 Å². The predicted octanol–water partition coefficient (Wildman–Crippen LogP) is 3.25. The molecule has 1 aromatic carbocycles. The van der Waals surface area contributed by atoms with Crippen LogP contribution in [0.2, 0.25) is 0 Å². The highest BCUT2D eigenvalue weighted by Gasteiger charge is 2.25. The molecule has 3 N–H and O–H groups in total. The fourth-order valence-corrected chi connectivity index (χ4v) is 5.20. The van der Waals surface area contributed by atoms with E-state index in [1.54, 1.807) is 7.05 Å². The van der Waals surface area contributed by atoms with E-state index in [9.17, 15) is 4.79 Å². The quantitative estimate of drug-likeness (QED) is 0.491. The molecule has 30 heavy (non-hydrogen) atoms. The maximum Gasteiger partial charge on any atom is 0.225 e. The third-order valence-corrected chi connectivity index (χ3v) is 6.83. The van der Waals surface area contributed by atoms with Crippen LogP contribution in [0.4, 0.5) is 5.69 Å². The van der Waals surface area contributed by atoms with Gasteiger partial charge >= 0.3 is 0 Å². The van der Waals surface area contributed by atoms with E-state index >= 15 is 0 Å². The van der Waals surface area contributed by atoms with Gasteiger partial charge in [0.2, 0.25) is 5.91 Å². The minimum absolute atomic E-state index is 0.0801. The van der Waals surface area contributed by atoms with E-state index in [0.29, 0.717) is 18.9 Å². The Bertz CT molecular complexity index is 866. The van der Waals surface area contributed by atoms with Crippen LogP contribution in [0.3, 0.4) is 0 Å². The zero-order chi connectivity index (χ0) is 20.8. The molecule has 4 rings (SSSR count). The number of fused-ring (bicyclic) bond motifs is 1. The lowest BCUT2D eigenvalue weighted by Crippen LogP contribution is -2.45. The lowest BCUT2D eigenvalue weighted by atomic mass is 9.90. The first-order chi connectivity index (χ1) is 14.7. The molecule has 2 aliphatic heterocycles. The molecular weight excluding hydrogens is 394 g/mol. The fraction of sp³-hybridized carbons (Fsp3) is 0.478. The number of hydrogen-bond donors (Lipinski definition) is 3. The highest BCUT2D eigenvalue weighted by atomic mass is 32.1. The Morgan fingerprint density at radius 3 is 2.93 bits per heavy atom. The Morgan fingerprint density at radius 1 is 1.23 bits per heavy atom. The van der Waals surface area contributed by atoms with Crippen LogP contribution in [0.25, 0.3) is 0 Å². The van der Waals surface area contributed by atoms with Gasteiger partial charge in [-0.15, -0.1) is 11.3 Å². The normalized spacial score (nSPS) is 22.3. The van der Waals surface area contributed by atoms with E-state index in [1.807, 2.05) is 29.5 Å². The molecule has 0 aliphatic carbocycles. The number of para-hydroxylation sites is 1. The van der Waals surface area contributed by atoms with E-state index in [4.69, 9.17) is 0 Å². The predicted molar refractivity (Wildman–Crippen MR) is 124 cm³/mol. The van der Waals surface area contributed by atoms with E-state index < -0.39 is 0 Å². The molecule has 1 aromatic heterocycles. The van der Waals surface area contributed by atoms with Crippen molar-refractivity contribution in [2.75, 3.05) is 38.5 Å². The summed E-state index contributed by atoms with van der Waals surface area (Å²) in [7, 11) is 1.81. The third-order valence-electron chi connectivity index (χ3n) is 5.97. The molecule has 0 saturated carbocycles. The van der Waals surface area contributed by atoms with Gasteiger partial charge < -0.3 is 16.0 Å². The van der Waals surface area contributed by atoms with Crippen molar-refractivity contribution in [3.8, 4) is 0 Å². The number of hydrogen-bond acceptors (Lipinski definition) is 4. The summed E-state index contributed by atoms with van der Waals surface area (Å²) in [5.74, 6) is 1.67. The molecule has 1 amide bonds. The molecule has 1 saturated heterocycles. The first-order valence-electron chi connectivity index (χ1n) is 10.8. The van der Waals surface area contributed by atoms with Crippen LogP contribution in [-0.4, -0.2) is 50.0 Å². The number of rotatable bonds is 6. The van der Waals surface area contributed by atoms with Gasteiger partial charge in [0.05, 0.1) is 0 Å². The first-order valence-corrected chi connectivity index (χ1v) is 11.7. The summed E-state index contributed by atoms with van der Waals surface area (Å²) in [6.45, 7) is 4.98. The molecule has 0 radical (unpaired) electrons. The minimum atomic E-state index is 0.0801. The van der Waals surface area contributed by atoms with Gasteiger partial charge in [0.25, 0.3) is 0 Å². The van der Waals surface area contributed by atoms with Crippen molar-refractivity contribution in [1.29, 1.82) is 0 Å². The second-order valence-electron chi connectivity index (χ2n) is 8.19. The monoisotopic (exact) mass is 425 g/mol. The van der Waals surface area contributed by atoms with Crippen molar-refractivity contribution in [2.24, 2.45) is 10.9 Å². The van der Waals surface area contributed by atoms with Gasteiger partial charge in [-0.25, -0.2) is 0 Å². The van der Waals surface area contributed by atoms with Crippen molar-refractivity contribution >= 4 is 28.9 Å². The molecule has 6 nitrogen and oxygen atoms in total. The molecule has 160 valence electrons. The number of carbonyl (C=O) groups is 1. The molecule has 2 aliphatic rings. The number of amides is 1. The Hall–Kier alpha value is -2.38. The van der Waals surface area contributed by atoms with Crippen molar-refractivity contribution < 1.29 is 4.79 Å². The Labute approximate surface area is 182 Å². The third kappa shape index (κ3) is 5.40. The fourth-order valence-electron chi connectivity index (χ4n) is 4.45. The van der Waals surface area contributed by atoms with E-state index in [0.717, 1.165) is 31.3 Å². The number of thiophene rings is 1. The Balaban J connectivity index is 1.26. The molecule has 1 fully saturated rings. The number of guanidine groups is 1. The summed E-state index contributed by atoms with van der Waals surface area (Å²) in [6, 6.07) is 12.4. The van der Waals surface area contributed by atoms with Crippen molar-refractivity contribution in [3.63, 3.8) is 0 Å². The van der Waals surface area contributed by atoms with Gasteiger partial charge in [-0.2, -0.15) is 0 Å². The number of nitrogens with zero attached hydrogens (tertiary/aromatic N) is 2. The van der Waals surface area contributed by atoms with Crippen LogP contribution in [-0.2, 0) is 11.3 Å². The summed E-state index contributed by atoms with van der Waals surface area (Å²) in [6.07, 6.45) is 3.00. The molecule has 7 heteroatoms. The summed E-state index contributed by atoms with van der Waals surface area (Å²) in [5.41, 5.74) is 2.12. The van der Waals surface area contributed by atoms with Gasteiger partial charge in [-0.05, 0) is 48.4 Å². The van der Waals surface area contributed by atoms with Gasteiger partial charge in [0.15, 0.2) is 5.96 Å². The number of benzene rings is 1. The second-order valence-corrected chi connectivity index (χ2v) is 9.23. The average molecular weight is 426 g/mol. The van der Waals surface area contributed by atoms with E-state index in [-0.39, 0.29) is 11.8 Å². The standard InChI is InChI=1S/C23H31N5OS/c1-24-23(26-14-18-12-22(29)27-21-9-3-2-8-20(18)21)25-13-17-6-4-10-28(15-17)16-19-7-5-11-30-19/h2-3,5,7-9,11,17-18H,4,6,10,12-16H2,1H3,(H,27,29)(H2,24,25,26). The van der Waals surface area contributed by atoms with Crippen LogP contribution in [0.15, 0.2) is 46.8 Å². The largest absolute Gasteiger partial charge is 0.356 e. The number of piperidine rings is 1. The highest BCUT2D eigenvalue weighted by molar-refractivity contribution is 7.09. The van der Waals surface area contributed by atoms with Crippen LogP contribution in [0, 0.1) is 5.92 Å². The Kier molecular flexibility index (Phi) is 7.02. The summed E-state index contributed by atoms with van der Waals surface area (Å²) < 4.78 is 0. The second kappa shape index (κ2) is 10.1. The van der Waals surface area contributed by atoms with E-state index in [1.165, 1.54) is 29.8 Å². The molecule has 2 aromatic rings. The van der Waals surface area contributed by atoms with Crippen molar-refractivity contribution in [1.82, 2.24) is 15.5 Å². The number of aliphatic imine (C=N–C) groups is 1. The zero-order valence-corrected chi connectivity index (χ0v) is 18.4. The van der Waals surface area contributed by atoms with Gasteiger partial charge in [-0.3, -0.25) is 14.7 Å². The number of carbonyl (C=O) groups excluding carboxylic acids is 1. The topological polar surface area (TPSA) is 68.8 Å². The molecular formula is C23H31N5OS. The summed E-state index contributed by atoms with van der Waals surface area (Å²) >= 11 is 1.84. The lowest BCUT2D eigenvalue weighted by Gasteiger charge is -2.33. The maximum absolute atomic E-state index is 12.0. The zero-order valence-electron chi connectivity index (χ0n) is 17.6. The van der Waals surface area contributed by atoms with Crippen LogP contribution in [0.1, 0.15) is 35.6 Å². The molecule has 2 unspecified atom stereocenters. The SMILES string of the molecule is CN=C(NCC1CCCN(Cc2cccs2)C1)NCC1CC(=O)Nc2ccccc21. The Morgan fingerprint density at radius 2 is 2.10 bits per heavy atom. The molecule has 0 bridgehead atoms. The average Bonchev–Trinajstić information content (AvgIpc) is 3.27. The van der Waals surface area contributed by atoms with Crippen LogP contribution < -0.4 is 16.0 Å². The van der Waals surface area contributed by atoms with Crippen LogP contribution in [0.5, 0.6) is 0 Å². The van der Waals surface area contributed by atoms with Crippen molar-refractivity contribution in [2.45, 2.75) is 31.7 Å². The lowest BCUT2D eigenvalue weighted by molar-refractivity contribution is -0.116. The van der Waals surface area contributed by atoms with Gasteiger partial charge in [0, 0.05) is 56.1 Å². The van der Waals surface area contributed by atoms with Crippen molar-refractivity contribution in [3.05, 3.63) is 52.2 Å². The molecule has 2 atom stereocenters. The number of anilines is 1. The minimum Gasteiger partial charge on any atom is -0.356 e. The summed E-state index contributed by atoms with van der Waals surface area (Å²) in [4.78, 5) is 20.4. The maximum atomic E-state index is 12.0. The first kappa shape index (κ1) is 20.9. The van der Waals surface area contributed by atoms with E-state index in [2.05, 4.69) is 49.4 Å². The molecule has 3 heterocycles. The van der Waals surface area contributed by atoms with Crippen LogP contribution >= 0.6 is 11.3 Å². The molecule has 0 spiro atoms. The number of nitrogens with one attached hydrogen (secondary N) is 3. The highest BCUT2D eigenvalue weighted by Crippen LogP contribution is 2.31. The summed E-state index contributed by atoms with van der Waals surface area (Å²) in [5, 5.41) is 12.1.